The number of rotatable bonds is 3. The second-order valence-corrected chi connectivity index (χ2v) is 8.43. The molecule has 2 atom stereocenters. The highest BCUT2D eigenvalue weighted by Gasteiger charge is 2.38. The van der Waals surface area contributed by atoms with Crippen molar-refractivity contribution in [2.24, 2.45) is 11.7 Å². The molecule has 0 amide bonds. The van der Waals surface area contributed by atoms with Gasteiger partial charge in [-0.2, -0.15) is 4.31 Å². The zero-order valence-electron chi connectivity index (χ0n) is 11.6. The van der Waals surface area contributed by atoms with E-state index in [1.54, 1.807) is 11.2 Å². The van der Waals surface area contributed by atoms with E-state index in [0.29, 0.717) is 28.9 Å². The number of nitrogens with zero attached hydrogens (tertiary/aromatic N) is 2. The van der Waals surface area contributed by atoms with Crippen LogP contribution in [0.3, 0.4) is 0 Å². The van der Waals surface area contributed by atoms with E-state index in [2.05, 4.69) is 11.9 Å². The van der Waals surface area contributed by atoms with Crippen LogP contribution in [-0.4, -0.2) is 36.8 Å². The predicted octanol–water partition coefficient (Wildman–Crippen LogP) is 1.51. The Bertz CT molecular complexity index is 553. The van der Waals surface area contributed by atoms with Gasteiger partial charge in [-0.3, -0.25) is 0 Å². The van der Waals surface area contributed by atoms with E-state index < -0.39 is 10.0 Å². The van der Waals surface area contributed by atoms with E-state index in [4.69, 9.17) is 5.73 Å². The third kappa shape index (κ3) is 2.69. The highest BCUT2D eigenvalue weighted by atomic mass is 32.2. The standard InChI is InChI=1S/C12H21N3O2S2/c1-8-5-4-6-15(11(8)7-13)19(16,17)12-9(2)14-10(3)18-12/h8,11H,4-7,13H2,1-3H3. The molecule has 1 fully saturated rings. The molecule has 0 radical (unpaired) electrons. The molecule has 2 rings (SSSR count). The van der Waals surface area contributed by atoms with E-state index in [1.807, 2.05) is 6.92 Å². The van der Waals surface area contributed by atoms with Crippen LogP contribution in [-0.2, 0) is 10.0 Å². The van der Waals surface area contributed by atoms with E-state index in [-0.39, 0.29) is 6.04 Å². The molecular weight excluding hydrogens is 282 g/mol. The molecule has 2 unspecified atom stereocenters. The Kier molecular flexibility index (Phi) is 4.29. The van der Waals surface area contributed by atoms with Gasteiger partial charge in [-0.25, -0.2) is 13.4 Å². The number of aromatic nitrogens is 1. The van der Waals surface area contributed by atoms with Crippen molar-refractivity contribution in [1.82, 2.24) is 9.29 Å². The van der Waals surface area contributed by atoms with Gasteiger partial charge in [-0.05, 0) is 32.6 Å². The van der Waals surface area contributed by atoms with Gasteiger partial charge in [0.15, 0.2) is 4.21 Å². The van der Waals surface area contributed by atoms with Crippen molar-refractivity contribution >= 4 is 21.4 Å². The fourth-order valence-electron chi connectivity index (χ4n) is 2.72. The maximum absolute atomic E-state index is 12.8. The van der Waals surface area contributed by atoms with E-state index in [9.17, 15) is 8.42 Å². The fraction of sp³-hybridized carbons (Fsp3) is 0.750. The van der Waals surface area contributed by atoms with Crippen molar-refractivity contribution < 1.29 is 8.42 Å². The molecule has 0 aliphatic carbocycles. The summed E-state index contributed by atoms with van der Waals surface area (Å²) in [6, 6.07) is -0.0967. The van der Waals surface area contributed by atoms with Crippen LogP contribution in [0.5, 0.6) is 0 Å². The Morgan fingerprint density at radius 3 is 2.68 bits per heavy atom. The molecule has 1 aliphatic rings. The molecule has 0 bridgehead atoms. The van der Waals surface area contributed by atoms with Gasteiger partial charge in [-0.1, -0.05) is 6.92 Å². The van der Waals surface area contributed by atoms with Crippen LogP contribution in [0.4, 0.5) is 0 Å². The first-order valence-corrected chi connectivity index (χ1v) is 8.79. The Morgan fingerprint density at radius 1 is 1.47 bits per heavy atom. The summed E-state index contributed by atoms with van der Waals surface area (Å²) in [6.07, 6.45) is 1.93. The molecule has 1 aliphatic heterocycles. The minimum atomic E-state index is -3.46. The SMILES string of the molecule is Cc1nc(C)c(S(=O)(=O)N2CCCC(C)C2CN)s1. The van der Waals surface area contributed by atoms with Gasteiger partial charge >= 0.3 is 0 Å². The largest absolute Gasteiger partial charge is 0.329 e. The van der Waals surface area contributed by atoms with Crippen LogP contribution in [0.15, 0.2) is 4.21 Å². The summed E-state index contributed by atoms with van der Waals surface area (Å²) in [4.78, 5) is 4.22. The van der Waals surface area contributed by atoms with Crippen LogP contribution in [0.25, 0.3) is 0 Å². The number of hydrogen-bond donors (Lipinski definition) is 1. The van der Waals surface area contributed by atoms with E-state index in [1.165, 1.54) is 11.3 Å². The third-order valence-electron chi connectivity index (χ3n) is 3.71. The van der Waals surface area contributed by atoms with Gasteiger partial charge < -0.3 is 5.73 Å². The second kappa shape index (κ2) is 5.47. The average Bonchev–Trinajstić information content (AvgIpc) is 2.68. The molecule has 1 saturated heterocycles. The lowest BCUT2D eigenvalue weighted by Gasteiger charge is -2.38. The average molecular weight is 303 g/mol. The van der Waals surface area contributed by atoms with Crippen LogP contribution < -0.4 is 5.73 Å². The Labute approximate surface area is 118 Å². The van der Waals surface area contributed by atoms with Crippen molar-refractivity contribution in [2.75, 3.05) is 13.1 Å². The van der Waals surface area contributed by atoms with Gasteiger partial charge in [0, 0.05) is 19.1 Å². The smallest absolute Gasteiger partial charge is 0.254 e. The molecule has 5 nitrogen and oxygen atoms in total. The summed E-state index contributed by atoms with van der Waals surface area (Å²) in [6.45, 7) is 6.59. The molecule has 19 heavy (non-hydrogen) atoms. The first-order valence-electron chi connectivity index (χ1n) is 6.54. The molecule has 108 valence electrons. The number of hydrogen-bond acceptors (Lipinski definition) is 5. The lowest BCUT2D eigenvalue weighted by molar-refractivity contribution is 0.193. The molecular formula is C12H21N3O2S2. The Morgan fingerprint density at radius 2 is 2.16 bits per heavy atom. The van der Waals surface area contributed by atoms with Crippen LogP contribution in [0.2, 0.25) is 0 Å². The number of aryl methyl sites for hydroxylation is 2. The van der Waals surface area contributed by atoms with Crippen LogP contribution in [0.1, 0.15) is 30.5 Å². The summed E-state index contributed by atoms with van der Waals surface area (Å²) in [7, 11) is -3.46. The maximum atomic E-state index is 12.8. The summed E-state index contributed by atoms with van der Waals surface area (Å²) >= 11 is 1.25. The molecule has 1 aromatic heterocycles. The minimum absolute atomic E-state index is 0.0967. The van der Waals surface area contributed by atoms with E-state index >= 15 is 0 Å². The quantitative estimate of drug-likeness (QED) is 0.918. The number of sulfonamides is 1. The van der Waals surface area contributed by atoms with Crippen molar-refractivity contribution in [3.8, 4) is 0 Å². The Hall–Kier alpha value is -0.500. The molecule has 2 N–H and O–H groups in total. The summed E-state index contributed by atoms with van der Waals surface area (Å²) in [5.74, 6) is 0.308. The predicted molar refractivity (Wildman–Crippen MR) is 76.7 cm³/mol. The first kappa shape index (κ1) is 14.9. The topological polar surface area (TPSA) is 76.3 Å². The summed E-state index contributed by atoms with van der Waals surface area (Å²) in [5.41, 5.74) is 6.38. The normalized spacial score (nSPS) is 25.7. The van der Waals surface area contributed by atoms with Gasteiger partial charge in [0.25, 0.3) is 10.0 Å². The van der Waals surface area contributed by atoms with Crippen LogP contribution >= 0.6 is 11.3 Å². The maximum Gasteiger partial charge on any atom is 0.254 e. The number of piperidine rings is 1. The van der Waals surface area contributed by atoms with Gasteiger partial charge in [0.1, 0.15) is 0 Å². The lowest BCUT2D eigenvalue weighted by Crippen LogP contribution is -2.51. The van der Waals surface area contributed by atoms with Crippen LogP contribution in [0, 0.1) is 19.8 Å². The van der Waals surface area contributed by atoms with Crippen molar-refractivity contribution in [1.29, 1.82) is 0 Å². The molecule has 1 aromatic rings. The third-order valence-corrected chi connectivity index (χ3v) is 7.29. The van der Waals surface area contributed by atoms with Crippen molar-refractivity contribution in [3.63, 3.8) is 0 Å². The highest BCUT2D eigenvalue weighted by Crippen LogP contribution is 2.32. The zero-order chi connectivity index (χ0) is 14.2. The van der Waals surface area contributed by atoms with Gasteiger partial charge in [0.2, 0.25) is 0 Å². The summed E-state index contributed by atoms with van der Waals surface area (Å²) < 4.78 is 27.5. The fourth-order valence-corrected chi connectivity index (χ4v) is 6.08. The van der Waals surface area contributed by atoms with Crippen molar-refractivity contribution in [3.05, 3.63) is 10.7 Å². The minimum Gasteiger partial charge on any atom is -0.329 e. The second-order valence-electron chi connectivity index (χ2n) is 5.14. The zero-order valence-corrected chi connectivity index (χ0v) is 13.2. The first-order chi connectivity index (χ1) is 8.87. The monoisotopic (exact) mass is 303 g/mol. The van der Waals surface area contributed by atoms with Crippen molar-refractivity contribution in [2.45, 2.75) is 43.9 Å². The molecule has 0 saturated carbocycles. The number of thiazole rings is 1. The molecule has 0 spiro atoms. The lowest BCUT2D eigenvalue weighted by atomic mass is 9.93. The summed E-state index contributed by atoms with van der Waals surface area (Å²) in [5, 5.41) is 0.783. The van der Waals surface area contributed by atoms with Gasteiger partial charge in [-0.15, -0.1) is 11.3 Å². The highest BCUT2D eigenvalue weighted by molar-refractivity contribution is 7.91. The Balaban J connectivity index is 2.40. The molecule has 7 heteroatoms. The van der Waals surface area contributed by atoms with Gasteiger partial charge in [0.05, 0.1) is 10.7 Å². The molecule has 0 aromatic carbocycles. The van der Waals surface area contributed by atoms with E-state index in [0.717, 1.165) is 17.8 Å². The molecule has 2 heterocycles. The number of nitrogens with two attached hydrogens (primary N) is 1.